The Hall–Kier alpha value is -1.10. The van der Waals surface area contributed by atoms with Gasteiger partial charge in [-0.05, 0) is 42.3 Å². The molecule has 0 bridgehead atoms. The van der Waals surface area contributed by atoms with Crippen LogP contribution < -0.4 is 5.73 Å². The van der Waals surface area contributed by atoms with E-state index in [1.807, 2.05) is 30.3 Å². The van der Waals surface area contributed by atoms with Gasteiger partial charge in [-0.25, -0.2) is 0 Å². The fourth-order valence-corrected chi connectivity index (χ4v) is 2.89. The van der Waals surface area contributed by atoms with E-state index in [0.717, 1.165) is 11.1 Å². The molecule has 0 aliphatic carbocycles. The zero-order valence-corrected chi connectivity index (χ0v) is 13.6. The standard InChI is InChI=1S/C17H19Cl2NO2/c18-15-8-13(9-16(19)10-15)11-22-12-17(21,6-7-20)14-4-2-1-3-5-14/h1-5,8-10,21H,6-7,11-12,20H2. The average molecular weight is 340 g/mol. The quantitative estimate of drug-likeness (QED) is 0.807. The van der Waals surface area contributed by atoms with Gasteiger partial charge >= 0.3 is 0 Å². The molecule has 5 heteroatoms. The Kier molecular flexibility index (Phi) is 6.24. The lowest BCUT2D eigenvalue weighted by atomic mass is 9.91. The third-order valence-corrected chi connectivity index (χ3v) is 3.84. The third kappa shape index (κ3) is 4.70. The second-order valence-electron chi connectivity index (χ2n) is 5.21. The fraction of sp³-hybridized carbons (Fsp3) is 0.294. The van der Waals surface area contributed by atoms with Crippen LogP contribution in [-0.2, 0) is 16.9 Å². The Morgan fingerprint density at radius 3 is 2.27 bits per heavy atom. The fourth-order valence-electron chi connectivity index (χ4n) is 2.32. The Morgan fingerprint density at radius 2 is 1.68 bits per heavy atom. The first-order chi connectivity index (χ1) is 10.5. The molecule has 0 saturated heterocycles. The lowest BCUT2D eigenvalue weighted by Crippen LogP contribution is -2.34. The second-order valence-corrected chi connectivity index (χ2v) is 6.08. The first-order valence-corrected chi connectivity index (χ1v) is 7.80. The van der Waals surface area contributed by atoms with E-state index < -0.39 is 5.60 Å². The number of benzene rings is 2. The van der Waals surface area contributed by atoms with Crippen molar-refractivity contribution < 1.29 is 9.84 Å². The summed E-state index contributed by atoms with van der Waals surface area (Å²) in [5, 5.41) is 11.9. The van der Waals surface area contributed by atoms with Crippen LogP contribution in [0.4, 0.5) is 0 Å². The Labute approximate surface area is 140 Å². The van der Waals surface area contributed by atoms with Gasteiger partial charge in [0.15, 0.2) is 0 Å². The first kappa shape index (κ1) is 17.3. The highest BCUT2D eigenvalue weighted by Gasteiger charge is 2.28. The molecule has 0 heterocycles. The minimum atomic E-state index is -1.10. The third-order valence-electron chi connectivity index (χ3n) is 3.40. The number of nitrogens with two attached hydrogens (primary N) is 1. The lowest BCUT2D eigenvalue weighted by molar-refractivity contribution is -0.0602. The minimum Gasteiger partial charge on any atom is -0.383 e. The van der Waals surface area contributed by atoms with Crippen molar-refractivity contribution in [3.63, 3.8) is 0 Å². The molecule has 1 atom stereocenters. The van der Waals surface area contributed by atoms with Crippen molar-refractivity contribution in [3.8, 4) is 0 Å². The predicted octanol–water partition coefficient (Wildman–Crippen LogP) is 3.75. The highest BCUT2D eigenvalue weighted by Crippen LogP contribution is 2.26. The summed E-state index contributed by atoms with van der Waals surface area (Å²) in [4.78, 5) is 0. The summed E-state index contributed by atoms with van der Waals surface area (Å²) in [5.74, 6) is 0. The normalized spacial score (nSPS) is 13.8. The molecule has 2 rings (SSSR count). The average Bonchev–Trinajstić information content (AvgIpc) is 2.47. The topological polar surface area (TPSA) is 55.5 Å². The van der Waals surface area contributed by atoms with E-state index in [0.29, 0.717) is 29.6 Å². The number of hydrogen-bond donors (Lipinski definition) is 2. The van der Waals surface area contributed by atoms with Gasteiger partial charge in [0.25, 0.3) is 0 Å². The number of halogens is 2. The molecule has 0 aliphatic rings. The molecule has 0 amide bonds. The number of hydrogen-bond acceptors (Lipinski definition) is 3. The maximum atomic E-state index is 10.8. The number of rotatable bonds is 7. The van der Waals surface area contributed by atoms with Crippen molar-refractivity contribution in [1.82, 2.24) is 0 Å². The molecule has 0 fully saturated rings. The molecule has 0 aromatic heterocycles. The van der Waals surface area contributed by atoms with Gasteiger partial charge in [0.1, 0.15) is 5.60 Å². The molecule has 118 valence electrons. The van der Waals surface area contributed by atoms with Crippen LogP contribution in [0.15, 0.2) is 48.5 Å². The Balaban J connectivity index is 2.03. The summed E-state index contributed by atoms with van der Waals surface area (Å²) in [5.41, 5.74) is 6.18. The summed E-state index contributed by atoms with van der Waals surface area (Å²) < 4.78 is 5.68. The Bertz CT molecular complexity index is 587. The molecule has 0 spiro atoms. The van der Waals surface area contributed by atoms with Crippen LogP contribution >= 0.6 is 23.2 Å². The smallest absolute Gasteiger partial charge is 0.114 e. The zero-order valence-electron chi connectivity index (χ0n) is 12.1. The lowest BCUT2D eigenvalue weighted by Gasteiger charge is -2.28. The molecule has 1 unspecified atom stereocenters. The molecule has 22 heavy (non-hydrogen) atoms. The van der Waals surface area contributed by atoms with Gasteiger partial charge in [-0.1, -0.05) is 53.5 Å². The predicted molar refractivity (Wildman–Crippen MR) is 90.1 cm³/mol. The molecular formula is C17H19Cl2NO2. The van der Waals surface area contributed by atoms with E-state index in [2.05, 4.69) is 0 Å². The molecule has 0 saturated carbocycles. The van der Waals surface area contributed by atoms with Crippen molar-refractivity contribution in [2.24, 2.45) is 5.73 Å². The van der Waals surface area contributed by atoms with Gasteiger partial charge in [-0.15, -0.1) is 0 Å². The largest absolute Gasteiger partial charge is 0.383 e. The SMILES string of the molecule is NCCC(O)(COCc1cc(Cl)cc(Cl)c1)c1ccccc1. The molecule has 0 radical (unpaired) electrons. The summed E-state index contributed by atoms with van der Waals surface area (Å²) in [7, 11) is 0. The van der Waals surface area contributed by atoms with E-state index in [-0.39, 0.29) is 6.61 Å². The van der Waals surface area contributed by atoms with Crippen LogP contribution in [0.3, 0.4) is 0 Å². The van der Waals surface area contributed by atoms with Gasteiger partial charge in [0.05, 0.1) is 13.2 Å². The summed E-state index contributed by atoms with van der Waals surface area (Å²) in [6.45, 7) is 0.843. The highest BCUT2D eigenvalue weighted by molar-refractivity contribution is 6.34. The van der Waals surface area contributed by atoms with E-state index in [9.17, 15) is 5.11 Å². The van der Waals surface area contributed by atoms with E-state index in [1.165, 1.54) is 0 Å². The molecule has 3 N–H and O–H groups in total. The minimum absolute atomic E-state index is 0.151. The summed E-state index contributed by atoms with van der Waals surface area (Å²) in [6.07, 6.45) is 0.424. The van der Waals surface area contributed by atoms with Crippen molar-refractivity contribution >= 4 is 23.2 Å². The summed E-state index contributed by atoms with van der Waals surface area (Å²) >= 11 is 11.9. The van der Waals surface area contributed by atoms with Crippen LogP contribution in [0, 0.1) is 0 Å². The first-order valence-electron chi connectivity index (χ1n) is 7.04. The monoisotopic (exact) mass is 339 g/mol. The summed E-state index contributed by atoms with van der Waals surface area (Å²) in [6, 6.07) is 14.7. The van der Waals surface area contributed by atoms with Crippen LogP contribution in [0.1, 0.15) is 17.5 Å². The molecule has 2 aromatic carbocycles. The maximum absolute atomic E-state index is 10.8. The van der Waals surface area contributed by atoms with Gasteiger partial charge < -0.3 is 15.6 Å². The highest BCUT2D eigenvalue weighted by atomic mass is 35.5. The van der Waals surface area contributed by atoms with E-state index in [1.54, 1.807) is 18.2 Å². The molecular weight excluding hydrogens is 321 g/mol. The van der Waals surface area contributed by atoms with Crippen LogP contribution in [0.5, 0.6) is 0 Å². The number of ether oxygens (including phenoxy) is 1. The Morgan fingerprint density at radius 1 is 1.05 bits per heavy atom. The van der Waals surface area contributed by atoms with Crippen LogP contribution in [0.25, 0.3) is 0 Å². The van der Waals surface area contributed by atoms with Crippen molar-refractivity contribution in [3.05, 3.63) is 69.7 Å². The van der Waals surface area contributed by atoms with Crippen LogP contribution in [0.2, 0.25) is 10.0 Å². The van der Waals surface area contributed by atoms with Gasteiger partial charge in [-0.3, -0.25) is 0 Å². The molecule has 0 aliphatic heterocycles. The van der Waals surface area contributed by atoms with Crippen molar-refractivity contribution in [2.75, 3.05) is 13.2 Å². The van der Waals surface area contributed by atoms with Gasteiger partial charge in [0.2, 0.25) is 0 Å². The maximum Gasteiger partial charge on any atom is 0.114 e. The van der Waals surface area contributed by atoms with Crippen molar-refractivity contribution in [1.29, 1.82) is 0 Å². The molecule has 2 aromatic rings. The second kappa shape index (κ2) is 7.95. The van der Waals surface area contributed by atoms with E-state index >= 15 is 0 Å². The zero-order chi connectivity index (χ0) is 16.0. The van der Waals surface area contributed by atoms with E-state index in [4.69, 9.17) is 33.7 Å². The van der Waals surface area contributed by atoms with Gasteiger partial charge in [0, 0.05) is 10.0 Å². The van der Waals surface area contributed by atoms with Crippen molar-refractivity contribution in [2.45, 2.75) is 18.6 Å². The molecule has 3 nitrogen and oxygen atoms in total. The van der Waals surface area contributed by atoms with Gasteiger partial charge in [-0.2, -0.15) is 0 Å². The van der Waals surface area contributed by atoms with Crippen LogP contribution in [-0.4, -0.2) is 18.3 Å². The number of aliphatic hydroxyl groups is 1.